The lowest BCUT2D eigenvalue weighted by Crippen LogP contribution is -2.01. The number of hydrogen-bond donors (Lipinski definition) is 0. The van der Waals surface area contributed by atoms with Crippen LogP contribution in [0, 0.1) is 22.7 Å². The lowest BCUT2D eigenvalue weighted by Gasteiger charge is -2.10. The molecule has 3 rings (SSSR count). The molecule has 3 aromatic rings. The van der Waals surface area contributed by atoms with E-state index in [1.54, 1.807) is 42.5 Å². The van der Waals surface area contributed by atoms with Crippen molar-refractivity contribution in [1.82, 2.24) is 4.98 Å². The number of rotatable bonds is 4. The Morgan fingerprint density at radius 3 is 2.32 bits per heavy atom. The van der Waals surface area contributed by atoms with Crippen LogP contribution in [0.3, 0.4) is 0 Å². The smallest absolute Gasteiger partial charge is 0.337 e. The third-order valence-corrected chi connectivity index (χ3v) is 4.25. The maximum Gasteiger partial charge on any atom is 0.337 e. The van der Waals surface area contributed by atoms with Crippen molar-refractivity contribution in [3.05, 3.63) is 71.4 Å². The number of methoxy groups -OCH3 is 2. The first-order valence-electron chi connectivity index (χ1n) is 8.28. The zero-order chi connectivity index (χ0) is 20.1. The van der Waals surface area contributed by atoms with Crippen LogP contribution in [-0.2, 0) is 4.74 Å². The van der Waals surface area contributed by atoms with Gasteiger partial charge in [0.1, 0.15) is 11.8 Å². The third-order valence-electron chi connectivity index (χ3n) is 4.25. The predicted octanol–water partition coefficient (Wildman–Crippen LogP) is 3.95. The molecule has 1 aromatic heterocycles. The summed E-state index contributed by atoms with van der Waals surface area (Å²) in [4.78, 5) is 16.0. The first-order chi connectivity index (χ1) is 13.6. The molecule has 0 aliphatic carbocycles. The number of ether oxygens (including phenoxy) is 2. The zero-order valence-electron chi connectivity index (χ0n) is 15.3. The number of nitriles is 2. The molecule has 0 amide bonds. The zero-order valence-corrected chi connectivity index (χ0v) is 15.3. The number of aromatic nitrogens is 1. The van der Waals surface area contributed by atoms with Gasteiger partial charge in [0.25, 0.3) is 0 Å². The van der Waals surface area contributed by atoms with E-state index in [4.69, 9.17) is 9.47 Å². The number of carbonyl (C=O) groups is 1. The van der Waals surface area contributed by atoms with Gasteiger partial charge >= 0.3 is 5.97 Å². The molecule has 0 aliphatic rings. The van der Waals surface area contributed by atoms with Crippen LogP contribution in [0.15, 0.2) is 54.7 Å². The summed E-state index contributed by atoms with van der Waals surface area (Å²) in [6, 6.07) is 18.0. The van der Waals surface area contributed by atoms with E-state index >= 15 is 0 Å². The molecule has 0 atom stereocenters. The minimum absolute atomic E-state index is 0.379. The van der Waals surface area contributed by atoms with Crippen molar-refractivity contribution in [2.75, 3.05) is 14.2 Å². The molecule has 1 heterocycles. The highest BCUT2D eigenvalue weighted by Gasteiger charge is 2.12. The van der Waals surface area contributed by atoms with Crippen LogP contribution in [0.2, 0.25) is 0 Å². The Balaban J connectivity index is 2.06. The van der Waals surface area contributed by atoms with Crippen LogP contribution in [-0.4, -0.2) is 25.2 Å². The van der Waals surface area contributed by atoms with Crippen molar-refractivity contribution >= 4 is 5.97 Å². The molecule has 0 saturated carbocycles. The second-order valence-corrected chi connectivity index (χ2v) is 5.82. The fourth-order valence-corrected chi connectivity index (χ4v) is 2.84. The van der Waals surface area contributed by atoms with Gasteiger partial charge in [0.2, 0.25) is 0 Å². The maximum atomic E-state index is 11.7. The highest BCUT2D eigenvalue weighted by molar-refractivity contribution is 5.90. The number of nitrogens with zero attached hydrogens (tertiary/aromatic N) is 3. The van der Waals surface area contributed by atoms with Gasteiger partial charge in [-0.15, -0.1) is 0 Å². The second-order valence-electron chi connectivity index (χ2n) is 5.82. The summed E-state index contributed by atoms with van der Waals surface area (Å²) < 4.78 is 9.90. The van der Waals surface area contributed by atoms with E-state index in [9.17, 15) is 15.3 Å². The molecule has 0 N–H and O–H groups in total. The number of hydrogen-bond acceptors (Lipinski definition) is 6. The van der Waals surface area contributed by atoms with E-state index in [1.165, 1.54) is 20.4 Å². The second kappa shape index (κ2) is 8.03. The van der Waals surface area contributed by atoms with Gasteiger partial charge in [-0.25, -0.2) is 4.79 Å². The number of esters is 1. The Labute approximate surface area is 162 Å². The highest BCUT2D eigenvalue weighted by atomic mass is 16.5. The molecule has 0 fully saturated rings. The van der Waals surface area contributed by atoms with E-state index in [0.29, 0.717) is 39.3 Å². The molecule has 0 radical (unpaired) electrons. The molecular formula is C22H15N3O3. The number of benzene rings is 2. The normalized spacial score (nSPS) is 9.86. The Kier molecular flexibility index (Phi) is 5.34. The summed E-state index contributed by atoms with van der Waals surface area (Å²) in [6.07, 6.45) is 1.52. The fourth-order valence-electron chi connectivity index (χ4n) is 2.84. The van der Waals surface area contributed by atoms with Crippen LogP contribution in [0.4, 0.5) is 0 Å². The molecule has 0 saturated heterocycles. The minimum Gasteiger partial charge on any atom is -0.495 e. The van der Waals surface area contributed by atoms with Crippen LogP contribution in [0.1, 0.15) is 21.5 Å². The van der Waals surface area contributed by atoms with Gasteiger partial charge in [0, 0.05) is 11.8 Å². The van der Waals surface area contributed by atoms with Crippen LogP contribution >= 0.6 is 0 Å². The van der Waals surface area contributed by atoms with E-state index in [-0.39, 0.29) is 0 Å². The van der Waals surface area contributed by atoms with Crippen LogP contribution < -0.4 is 4.74 Å². The average molecular weight is 369 g/mol. The topological polar surface area (TPSA) is 96.0 Å². The summed E-state index contributed by atoms with van der Waals surface area (Å²) in [7, 11) is 2.82. The lowest BCUT2D eigenvalue weighted by molar-refractivity contribution is 0.0600. The monoisotopic (exact) mass is 369 g/mol. The molecular weight excluding hydrogens is 354 g/mol. The molecule has 6 heteroatoms. The van der Waals surface area contributed by atoms with E-state index < -0.39 is 5.97 Å². The summed E-state index contributed by atoms with van der Waals surface area (Å²) in [6.45, 7) is 0. The summed E-state index contributed by atoms with van der Waals surface area (Å²) in [5.74, 6) is 0.0215. The van der Waals surface area contributed by atoms with Gasteiger partial charge in [-0.3, -0.25) is 4.98 Å². The van der Waals surface area contributed by atoms with Gasteiger partial charge in [-0.05, 0) is 41.5 Å². The lowest BCUT2D eigenvalue weighted by atomic mass is 9.95. The summed E-state index contributed by atoms with van der Waals surface area (Å²) >= 11 is 0. The minimum atomic E-state index is -0.456. The Morgan fingerprint density at radius 1 is 0.929 bits per heavy atom. The van der Waals surface area contributed by atoms with E-state index in [2.05, 4.69) is 17.1 Å². The van der Waals surface area contributed by atoms with Crippen LogP contribution in [0.5, 0.6) is 5.75 Å². The van der Waals surface area contributed by atoms with Crippen LogP contribution in [0.25, 0.3) is 22.4 Å². The Morgan fingerprint density at radius 2 is 1.64 bits per heavy atom. The van der Waals surface area contributed by atoms with Crippen molar-refractivity contribution in [3.63, 3.8) is 0 Å². The molecule has 0 unspecified atom stereocenters. The SMILES string of the molecule is COC(=O)c1ccnc(-c2ccc(-c3ccc(OC)c(C#N)c3)c(C#N)c2)c1. The maximum absolute atomic E-state index is 11.7. The van der Waals surface area contributed by atoms with Crippen molar-refractivity contribution < 1.29 is 14.3 Å². The fraction of sp³-hybridized carbons (Fsp3) is 0.0909. The molecule has 2 aromatic carbocycles. The summed E-state index contributed by atoms with van der Waals surface area (Å²) in [5.41, 5.74) is 3.87. The third kappa shape index (κ3) is 3.53. The number of pyridine rings is 1. The van der Waals surface area contributed by atoms with Gasteiger partial charge in [0.05, 0.1) is 42.7 Å². The van der Waals surface area contributed by atoms with E-state index in [0.717, 1.165) is 5.56 Å². The van der Waals surface area contributed by atoms with Crippen molar-refractivity contribution in [3.8, 4) is 40.3 Å². The summed E-state index contributed by atoms with van der Waals surface area (Å²) in [5, 5.41) is 18.9. The molecule has 0 aliphatic heterocycles. The molecule has 136 valence electrons. The van der Waals surface area contributed by atoms with Gasteiger partial charge in [-0.1, -0.05) is 18.2 Å². The standard InChI is InChI=1S/C22H15N3O3/c1-27-21-6-4-14(9-18(21)13-24)19-5-3-15(10-17(19)12-23)20-11-16(7-8-25-20)22(26)28-2/h3-11H,1-2H3. The van der Waals surface area contributed by atoms with Crippen molar-refractivity contribution in [2.24, 2.45) is 0 Å². The average Bonchev–Trinajstić information content (AvgIpc) is 2.77. The van der Waals surface area contributed by atoms with E-state index in [1.807, 2.05) is 6.07 Å². The Bertz CT molecular complexity index is 1140. The first-order valence-corrected chi connectivity index (χ1v) is 8.28. The van der Waals surface area contributed by atoms with Crippen molar-refractivity contribution in [1.29, 1.82) is 10.5 Å². The van der Waals surface area contributed by atoms with Gasteiger partial charge in [-0.2, -0.15) is 10.5 Å². The molecule has 0 spiro atoms. The quantitative estimate of drug-likeness (QED) is 0.646. The molecule has 28 heavy (non-hydrogen) atoms. The Hall–Kier alpha value is -4.16. The molecule has 6 nitrogen and oxygen atoms in total. The predicted molar refractivity (Wildman–Crippen MR) is 102 cm³/mol. The van der Waals surface area contributed by atoms with Gasteiger partial charge in [0.15, 0.2) is 0 Å². The first kappa shape index (κ1) is 18.6. The van der Waals surface area contributed by atoms with Crippen molar-refractivity contribution in [2.45, 2.75) is 0 Å². The largest absolute Gasteiger partial charge is 0.495 e. The highest BCUT2D eigenvalue weighted by Crippen LogP contribution is 2.31. The molecule has 0 bridgehead atoms. The van der Waals surface area contributed by atoms with Gasteiger partial charge < -0.3 is 9.47 Å². The number of carbonyl (C=O) groups excluding carboxylic acids is 1.